The lowest BCUT2D eigenvalue weighted by atomic mass is 9.94. The summed E-state index contributed by atoms with van der Waals surface area (Å²) in [6.07, 6.45) is 11.4. The SMILES string of the molecule is CS(=O)(=O)Nc1ccc(-n2cc(-c3ccc(C(O)C4CCCC4)o3)nn2)c(N2CCC3(CC2)CC3)n1. The number of sulfonamides is 1. The van der Waals surface area contributed by atoms with E-state index in [0.717, 1.165) is 63.6 Å². The van der Waals surface area contributed by atoms with Crippen molar-refractivity contribution >= 4 is 21.7 Å². The third-order valence-corrected chi connectivity index (χ3v) is 8.56. The second-order valence-corrected chi connectivity index (χ2v) is 12.4. The smallest absolute Gasteiger partial charge is 0.230 e. The van der Waals surface area contributed by atoms with Crippen LogP contribution in [0, 0.1) is 11.3 Å². The summed E-state index contributed by atoms with van der Waals surface area (Å²) in [4.78, 5) is 6.88. The first-order chi connectivity index (χ1) is 17.3. The van der Waals surface area contributed by atoms with Crippen LogP contribution >= 0.6 is 0 Å². The average molecular weight is 513 g/mol. The standard InChI is InChI=1S/C25H32N6O4S/c1-36(33,34)28-22-9-6-19(24(26-22)30-14-12-25(10-11-25)13-15-30)31-16-18(27-29-31)20-7-8-21(35-20)23(32)17-4-2-3-5-17/h6-9,16-17,23,32H,2-5,10-15H2,1H3,(H,26,28). The van der Waals surface area contributed by atoms with Crippen LogP contribution in [0.15, 0.2) is 34.9 Å². The zero-order valence-electron chi connectivity index (χ0n) is 20.4. The van der Waals surface area contributed by atoms with E-state index in [2.05, 4.69) is 24.9 Å². The monoisotopic (exact) mass is 512 g/mol. The summed E-state index contributed by atoms with van der Waals surface area (Å²) in [5.41, 5.74) is 1.77. The summed E-state index contributed by atoms with van der Waals surface area (Å²) in [5.74, 6) is 2.30. The normalized spacial score (nSPS) is 20.7. The lowest BCUT2D eigenvalue weighted by Gasteiger charge is -2.34. The average Bonchev–Trinajstić information content (AvgIpc) is 3.35. The van der Waals surface area contributed by atoms with Crippen LogP contribution in [0.4, 0.5) is 11.6 Å². The van der Waals surface area contributed by atoms with E-state index < -0.39 is 16.1 Å². The molecule has 0 aromatic carbocycles. The number of furan rings is 1. The number of anilines is 2. The zero-order chi connectivity index (χ0) is 24.9. The van der Waals surface area contributed by atoms with Gasteiger partial charge in [-0.1, -0.05) is 18.1 Å². The minimum Gasteiger partial charge on any atom is -0.457 e. The molecule has 4 heterocycles. The number of hydrogen-bond donors (Lipinski definition) is 2. The molecule has 1 aliphatic heterocycles. The fraction of sp³-hybridized carbons (Fsp3) is 0.560. The van der Waals surface area contributed by atoms with Crippen molar-refractivity contribution in [3.05, 3.63) is 36.2 Å². The van der Waals surface area contributed by atoms with Gasteiger partial charge in [0.1, 0.15) is 29.1 Å². The topological polar surface area (TPSA) is 126 Å². The van der Waals surface area contributed by atoms with Gasteiger partial charge >= 0.3 is 0 Å². The molecule has 192 valence electrons. The van der Waals surface area contributed by atoms with Crippen LogP contribution in [-0.4, -0.2) is 52.8 Å². The minimum atomic E-state index is -3.45. The van der Waals surface area contributed by atoms with Gasteiger partial charge in [-0.25, -0.2) is 18.1 Å². The number of rotatable bonds is 7. The fourth-order valence-electron chi connectivity index (χ4n) is 5.62. The van der Waals surface area contributed by atoms with Gasteiger partial charge in [0.05, 0.1) is 12.5 Å². The molecule has 2 aliphatic carbocycles. The van der Waals surface area contributed by atoms with Gasteiger partial charge in [-0.15, -0.1) is 5.10 Å². The summed E-state index contributed by atoms with van der Waals surface area (Å²) in [7, 11) is -3.45. The number of nitrogens with zero attached hydrogens (tertiary/aromatic N) is 5. The van der Waals surface area contributed by atoms with Gasteiger partial charge in [-0.2, -0.15) is 0 Å². The summed E-state index contributed by atoms with van der Waals surface area (Å²) < 4.78 is 33.7. The highest BCUT2D eigenvalue weighted by Crippen LogP contribution is 2.54. The Morgan fingerprint density at radius 3 is 2.56 bits per heavy atom. The Bertz CT molecular complexity index is 1350. The van der Waals surface area contributed by atoms with Crippen molar-refractivity contribution in [1.82, 2.24) is 20.0 Å². The van der Waals surface area contributed by atoms with E-state index in [1.807, 2.05) is 18.2 Å². The maximum atomic E-state index is 11.8. The second-order valence-electron chi connectivity index (χ2n) is 10.6. The number of aliphatic hydroxyl groups is 1. The van der Waals surface area contributed by atoms with Gasteiger partial charge in [-0.3, -0.25) is 4.72 Å². The number of nitrogens with one attached hydrogen (secondary N) is 1. The van der Waals surface area contributed by atoms with Crippen molar-refractivity contribution in [3.8, 4) is 17.1 Å². The Hall–Kier alpha value is -2.92. The number of aliphatic hydroxyl groups excluding tert-OH is 1. The molecule has 0 bridgehead atoms. The van der Waals surface area contributed by atoms with E-state index in [1.54, 1.807) is 16.9 Å². The molecule has 11 heteroatoms. The van der Waals surface area contributed by atoms with Crippen LogP contribution in [0.2, 0.25) is 0 Å². The van der Waals surface area contributed by atoms with Crippen LogP contribution in [0.25, 0.3) is 17.1 Å². The summed E-state index contributed by atoms with van der Waals surface area (Å²) in [5, 5.41) is 19.3. The zero-order valence-corrected chi connectivity index (χ0v) is 21.2. The maximum absolute atomic E-state index is 11.8. The lowest BCUT2D eigenvalue weighted by molar-refractivity contribution is 0.0894. The molecule has 1 spiro atoms. The molecule has 6 rings (SSSR count). The van der Waals surface area contributed by atoms with Crippen LogP contribution in [-0.2, 0) is 10.0 Å². The van der Waals surface area contributed by atoms with Crippen molar-refractivity contribution in [2.24, 2.45) is 11.3 Å². The largest absolute Gasteiger partial charge is 0.457 e. The van der Waals surface area contributed by atoms with Crippen LogP contribution in [0.5, 0.6) is 0 Å². The van der Waals surface area contributed by atoms with Gasteiger partial charge in [-0.05, 0) is 74.1 Å². The van der Waals surface area contributed by atoms with Gasteiger partial charge in [0.2, 0.25) is 10.0 Å². The molecular weight excluding hydrogens is 480 g/mol. The molecular formula is C25H32N6O4S. The lowest BCUT2D eigenvalue weighted by Crippen LogP contribution is -2.35. The molecule has 10 nitrogen and oxygen atoms in total. The first-order valence-electron chi connectivity index (χ1n) is 12.7. The molecule has 0 amide bonds. The van der Waals surface area contributed by atoms with Gasteiger partial charge < -0.3 is 14.4 Å². The Morgan fingerprint density at radius 1 is 1.11 bits per heavy atom. The fourth-order valence-corrected chi connectivity index (χ4v) is 6.11. The van der Waals surface area contributed by atoms with Gasteiger partial charge in [0.25, 0.3) is 0 Å². The quantitative estimate of drug-likeness (QED) is 0.488. The third-order valence-electron chi connectivity index (χ3n) is 7.98. The molecule has 3 fully saturated rings. The Labute approximate surface area is 210 Å². The molecule has 3 aromatic heterocycles. The van der Waals surface area contributed by atoms with E-state index in [0.29, 0.717) is 28.4 Å². The molecule has 2 saturated carbocycles. The van der Waals surface area contributed by atoms with E-state index in [1.165, 1.54) is 12.8 Å². The highest BCUT2D eigenvalue weighted by Gasteiger charge is 2.44. The molecule has 2 N–H and O–H groups in total. The highest BCUT2D eigenvalue weighted by atomic mass is 32.2. The summed E-state index contributed by atoms with van der Waals surface area (Å²) in [6, 6.07) is 7.08. The Balaban J connectivity index is 1.28. The first-order valence-corrected chi connectivity index (χ1v) is 14.6. The summed E-state index contributed by atoms with van der Waals surface area (Å²) >= 11 is 0. The molecule has 1 atom stereocenters. The van der Waals surface area contributed by atoms with E-state index in [4.69, 9.17) is 4.42 Å². The molecule has 3 aromatic rings. The van der Waals surface area contributed by atoms with Crippen molar-refractivity contribution in [3.63, 3.8) is 0 Å². The number of hydrogen-bond acceptors (Lipinski definition) is 8. The Morgan fingerprint density at radius 2 is 1.86 bits per heavy atom. The minimum absolute atomic E-state index is 0.242. The predicted octanol–water partition coefficient (Wildman–Crippen LogP) is 3.90. The van der Waals surface area contributed by atoms with Crippen LogP contribution < -0.4 is 9.62 Å². The molecule has 3 aliphatic rings. The molecule has 0 radical (unpaired) electrons. The molecule has 1 unspecified atom stereocenters. The highest BCUT2D eigenvalue weighted by molar-refractivity contribution is 7.92. The number of piperidine rings is 1. The van der Waals surface area contributed by atoms with Crippen molar-refractivity contribution in [2.45, 2.75) is 57.5 Å². The number of aromatic nitrogens is 4. The van der Waals surface area contributed by atoms with Crippen LogP contribution in [0.3, 0.4) is 0 Å². The van der Waals surface area contributed by atoms with E-state index in [-0.39, 0.29) is 11.7 Å². The molecule has 36 heavy (non-hydrogen) atoms. The van der Waals surface area contributed by atoms with Crippen molar-refractivity contribution in [2.75, 3.05) is 29.0 Å². The molecule has 1 saturated heterocycles. The van der Waals surface area contributed by atoms with E-state index in [9.17, 15) is 13.5 Å². The third kappa shape index (κ3) is 4.73. The van der Waals surface area contributed by atoms with Crippen LogP contribution in [0.1, 0.15) is 63.2 Å². The number of pyridine rings is 1. The summed E-state index contributed by atoms with van der Waals surface area (Å²) in [6.45, 7) is 1.73. The van der Waals surface area contributed by atoms with Crippen molar-refractivity contribution in [1.29, 1.82) is 0 Å². The van der Waals surface area contributed by atoms with E-state index >= 15 is 0 Å². The van der Waals surface area contributed by atoms with Gasteiger partial charge in [0.15, 0.2) is 11.6 Å². The Kier molecular flexibility index (Phi) is 5.79. The first kappa shape index (κ1) is 23.5. The second kappa shape index (κ2) is 8.88. The van der Waals surface area contributed by atoms with Gasteiger partial charge in [0, 0.05) is 13.1 Å². The predicted molar refractivity (Wildman–Crippen MR) is 135 cm³/mol. The van der Waals surface area contributed by atoms with Crippen molar-refractivity contribution < 1.29 is 17.9 Å². The maximum Gasteiger partial charge on any atom is 0.230 e.